The molecule has 1 aromatic heterocycles. The Kier molecular flexibility index (Phi) is 8.57. The lowest BCUT2D eigenvalue weighted by atomic mass is 10.1. The van der Waals surface area contributed by atoms with E-state index in [2.05, 4.69) is 27.2 Å². The molecule has 0 atom stereocenters. The van der Waals surface area contributed by atoms with Crippen molar-refractivity contribution in [3.05, 3.63) is 17.5 Å². The number of ether oxygens (including phenoxy) is 2. The lowest BCUT2D eigenvalue weighted by Crippen LogP contribution is -2.52. The maximum atomic E-state index is 5.94. The maximum absolute atomic E-state index is 5.94. The average Bonchev–Trinajstić information content (AvgIpc) is 3.13. The second kappa shape index (κ2) is 11.4. The van der Waals surface area contributed by atoms with Gasteiger partial charge in [-0.2, -0.15) is 0 Å². The van der Waals surface area contributed by atoms with Gasteiger partial charge in [0.2, 0.25) is 0 Å². The Morgan fingerprint density at radius 2 is 2.07 bits per heavy atom. The van der Waals surface area contributed by atoms with Crippen LogP contribution in [-0.2, 0) is 16.0 Å². The van der Waals surface area contributed by atoms with Crippen molar-refractivity contribution >= 4 is 5.96 Å². The number of hydrogen-bond acceptors (Lipinski definition) is 6. The van der Waals surface area contributed by atoms with Gasteiger partial charge in [0.15, 0.2) is 5.96 Å². The molecule has 8 nitrogen and oxygen atoms in total. The van der Waals surface area contributed by atoms with Gasteiger partial charge in [0.25, 0.3) is 0 Å². The molecule has 3 heterocycles. The molecule has 0 saturated carbocycles. The Morgan fingerprint density at radius 3 is 2.75 bits per heavy atom. The van der Waals surface area contributed by atoms with E-state index in [0.717, 1.165) is 102 Å². The predicted octanol–water partition coefficient (Wildman–Crippen LogP) is 1.65. The number of guanidine groups is 1. The second-order valence-electron chi connectivity index (χ2n) is 7.46. The molecule has 0 aromatic carbocycles. The van der Waals surface area contributed by atoms with Crippen LogP contribution in [0.25, 0.3) is 0 Å². The van der Waals surface area contributed by atoms with Gasteiger partial charge in [-0.1, -0.05) is 5.16 Å². The lowest BCUT2D eigenvalue weighted by Gasteiger charge is -2.36. The van der Waals surface area contributed by atoms with Gasteiger partial charge in [-0.3, -0.25) is 9.89 Å². The van der Waals surface area contributed by atoms with Gasteiger partial charge in [-0.05, 0) is 33.1 Å². The van der Waals surface area contributed by atoms with Gasteiger partial charge in [0, 0.05) is 71.7 Å². The average molecular weight is 394 g/mol. The zero-order chi connectivity index (χ0) is 19.6. The monoisotopic (exact) mass is 393 g/mol. The van der Waals surface area contributed by atoms with E-state index in [0.29, 0.717) is 6.10 Å². The highest BCUT2D eigenvalue weighted by Gasteiger charge is 2.20. The SMILES string of the molecule is CCNC(=NCCCOC1CCOCC1)N1CCN(Cc2cc(C)on2)CC1. The number of aliphatic imine (C=N–C) groups is 1. The van der Waals surface area contributed by atoms with E-state index in [-0.39, 0.29) is 0 Å². The summed E-state index contributed by atoms with van der Waals surface area (Å²) in [5.41, 5.74) is 1.01. The minimum atomic E-state index is 0.368. The van der Waals surface area contributed by atoms with Crippen molar-refractivity contribution in [2.45, 2.75) is 45.8 Å². The highest BCUT2D eigenvalue weighted by Crippen LogP contribution is 2.11. The van der Waals surface area contributed by atoms with Crippen molar-refractivity contribution in [2.75, 3.05) is 59.1 Å². The molecule has 3 rings (SSSR count). The Bertz CT molecular complexity index is 592. The molecule has 0 spiro atoms. The third kappa shape index (κ3) is 6.76. The molecular weight excluding hydrogens is 358 g/mol. The first-order chi connectivity index (χ1) is 13.7. The highest BCUT2D eigenvalue weighted by atomic mass is 16.5. The molecule has 158 valence electrons. The zero-order valence-electron chi connectivity index (χ0n) is 17.4. The van der Waals surface area contributed by atoms with E-state index < -0.39 is 0 Å². The number of aryl methyl sites for hydroxylation is 1. The van der Waals surface area contributed by atoms with Crippen LogP contribution in [0.5, 0.6) is 0 Å². The maximum Gasteiger partial charge on any atom is 0.194 e. The second-order valence-corrected chi connectivity index (χ2v) is 7.46. The first-order valence-electron chi connectivity index (χ1n) is 10.6. The molecule has 0 radical (unpaired) electrons. The molecule has 2 aliphatic heterocycles. The van der Waals surface area contributed by atoms with E-state index in [4.69, 9.17) is 19.0 Å². The van der Waals surface area contributed by atoms with Crippen molar-refractivity contribution in [3.63, 3.8) is 0 Å². The van der Waals surface area contributed by atoms with Crippen LogP contribution < -0.4 is 5.32 Å². The smallest absolute Gasteiger partial charge is 0.194 e. The van der Waals surface area contributed by atoms with Crippen LogP contribution in [0.2, 0.25) is 0 Å². The van der Waals surface area contributed by atoms with E-state index in [9.17, 15) is 0 Å². The predicted molar refractivity (Wildman–Crippen MR) is 108 cm³/mol. The van der Waals surface area contributed by atoms with Crippen molar-refractivity contribution in [2.24, 2.45) is 4.99 Å². The Labute approximate surface area is 168 Å². The van der Waals surface area contributed by atoms with E-state index >= 15 is 0 Å². The van der Waals surface area contributed by atoms with Gasteiger partial charge in [-0.25, -0.2) is 0 Å². The van der Waals surface area contributed by atoms with Crippen LogP contribution in [-0.4, -0.2) is 86.1 Å². The molecule has 8 heteroatoms. The van der Waals surface area contributed by atoms with E-state index in [1.807, 2.05) is 13.0 Å². The molecule has 28 heavy (non-hydrogen) atoms. The largest absolute Gasteiger partial charge is 0.381 e. The summed E-state index contributed by atoms with van der Waals surface area (Å²) in [6, 6.07) is 2.01. The van der Waals surface area contributed by atoms with Crippen LogP contribution in [0.4, 0.5) is 0 Å². The van der Waals surface area contributed by atoms with Crippen LogP contribution in [0, 0.1) is 6.92 Å². The molecule has 0 aliphatic carbocycles. The Hall–Kier alpha value is -1.64. The van der Waals surface area contributed by atoms with Gasteiger partial charge >= 0.3 is 0 Å². The summed E-state index contributed by atoms with van der Waals surface area (Å²) in [6.07, 6.45) is 3.36. The summed E-state index contributed by atoms with van der Waals surface area (Å²) >= 11 is 0. The zero-order valence-corrected chi connectivity index (χ0v) is 17.4. The van der Waals surface area contributed by atoms with Gasteiger partial charge < -0.3 is 24.2 Å². The topological polar surface area (TPSA) is 75.4 Å². The van der Waals surface area contributed by atoms with Crippen molar-refractivity contribution in [1.29, 1.82) is 0 Å². The standard InChI is InChI=1S/C20H35N5O3/c1-3-21-20(22-7-4-12-27-19-5-13-26-14-6-19)25-10-8-24(9-11-25)16-18-15-17(2)28-23-18/h15,19H,3-14,16H2,1-2H3,(H,21,22). The number of rotatable bonds is 8. The fraction of sp³-hybridized carbons (Fsp3) is 0.800. The summed E-state index contributed by atoms with van der Waals surface area (Å²) < 4.78 is 16.5. The fourth-order valence-corrected chi connectivity index (χ4v) is 3.61. The Balaban J connectivity index is 1.37. The van der Waals surface area contributed by atoms with Gasteiger partial charge in [0.1, 0.15) is 5.76 Å². The van der Waals surface area contributed by atoms with Crippen molar-refractivity contribution in [1.82, 2.24) is 20.3 Å². The number of piperazine rings is 1. The number of nitrogens with zero attached hydrogens (tertiary/aromatic N) is 4. The third-order valence-electron chi connectivity index (χ3n) is 5.15. The van der Waals surface area contributed by atoms with E-state index in [1.165, 1.54) is 0 Å². The van der Waals surface area contributed by atoms with Crippen LogP contribution in [0.1, 0.15) is 37.6 Å². The summed E-state index contributed by atoms with van der Waals surface area (Å²) in [7, 11) is 0. The molecule has 0 unspecified atom stereocenters. The summed E-state index contributed by atoms with van der Waals surface area (Å²) in [6.45, 7) is 13.0. The van der Waals surface area contributed by atoms with Crippen LogP contribution in [0.3, 0.4) is 0 Å². The first-order valence-corrected chi connectivity index (χ1v) is 10.6. The molecule has 0 bridgehead atoms. The normalized spacial score (nSPS) is 19.9. The van der Waals surface area contributed by atoms with Gasteiger partial charge in [-0.15, -0.1) is 0 Å². The van der Waals surface area contributed by atoms with E-state index in [1.54, 1.807) is 0 Å². The molecule has 2 saturated heterocycles. The summed E-state index contributed by atoms with van der Waals surface area (Å²) in [5.74, 6) is 1.89. The fourth-order valence-electron chi connectivity index (χ4n) is 3.61. The summed E-state index contributed by atoms with van der Waals surface area (Å²) in [5, 5.41) is 7.53. The number of hydrogen-bond donors (Lipinski definition) is 1. The molecule has 2 fully saturated rings. The minimum absolute atomic E-state index is 0.368. The van der Waals surface area contributed by atoms with Crippen LogP contribution >= 0.6 is 0 Å². The molecule has 0 amide bonds. The number of nitrogens with one attached hydrogen (secondary N) is 1. The lowest BCUT2D eigenvalue weighted by molar-refractivity contribution is -0.0318. The summed E-state index contributed by atoms with van der Waals surface area (Å²) in [4.78, 5) is 9.58. The van der Waals surface area contributed by atoms with Gasteiger partial charge in [0.05, 0.1) is 11.8 Å². The highest BCUT2D eigenvalue weighted by molar-refractivity contribution is 5.80. The van der Waals surface area contributed by atoms with Crippen molar-refractivity contribution in [3.8, 4) is 0 Å². The minimum Gasteiger partial charge on any atom is -0.381 e. The first kappa shape index (κ1) is 21.1. The third-order valence-corrected chi connectivity index (χ3v) is 5.15. The molecule has 1 N–H and O–H groups in total. The molecule has 2 aliphatic rings. The molecular formula is C20H35N5O3. The number of aromatic nitrogens is 1. The van der Waals surface area contributed by atoms with Crippen molar-refractivity contribution < 1.29 is 14.0 Å². The Morgan fingerprint density at radius 1 is 1.29 bits per heavy atom. The molecule has 1 aromatic rings. The quantitative estimate of drug-likeness (QED) is 0.409. The van der Waals surface area contributed by atoms with Crippen LogP contribution in [0.15, 0.2) is 15.6 Å².